The van der Waals surface area contributed by atoms with E-state index in [-0.39, 0.29) is 15.4 Å². The Balaban J connectivity index is 2.66. The molecule has 0 saturated carbocycles. The van der Waals surface area contributed by atoms with Crippen molar-refractivity contribution in [3.8, 4) is 0 Å². The molecule has 116 valence electrons. The summed E-state index contributed by atoms with van der Waals surface area (Å²) in [5.74, 6) is 1.32. The highest BCUT2D eigenvalue weighted by Crippen LogP contribution is 2.26. The van der Waals surface area contributed by atoms with Gasteiger partial charge in [-0.1, -0.05) is 20.8 Å². The fourth-order valence-electron chi connectivity index (χ4n) is 1.83. The van der Waals surface area contributed by atoms with Crippen LogP contribution in [0.15, 0.2) is 11.5 Å². The monoisotopic (exact) mass is 303 g/mol. The molecule has 1 saturated heterocycles. The van der Waals surface area contributed by atoms with Gasteiger partial charge in [-0.15, -0.1) is 11.8 Å². The smallest absolute Gasteiger partial charge is 0.295 e. The standard InChI is InChI=1S/C13H25N3O3S/c1-13(2,3)20-9-11(16(17)18)12(14-4)15-7-10-5-6-19-8-10/h10,14-15H,5-9H2,1-4H3. The van der Waals surface area contributed by atoms with Gasteiger partial charge in [-0.05, 0) is 6.42 Å². The summed E-state index contributed by atoms with van der Waals surface area (Å²) in [5, 5.41) is 17.3. The molecule has 1 aliphatic rings. The minimum atomic E-state index is -0.303. The SMILES string of the molecule is CNC(NCC1CCOC1)=C(CSC(C)(C)C)[N+](=O)[O-]. The van der Waals surface area contributed by atoms with Gasteiger partial charge in [-0.2, -0.15) is 0 Å². The van der Waals surface area contributed by atoms with E-state index < -0.39 is 0 Å². The maximum Gasteiger partial charge on any atom is 0.295 e. The molecule has 0 aliphatic carbocycles. The molecule has 7 heteroatoms. The Morgan fingerprint density at radius 3 is 2.65 bits per heavy atom. The molecule has 0 radical (unpaired) electrons. The van der Waals surface area contributed by atoms with Gasteiger partial charge in [0.2, 0.25) is 0 Å². The van der Waals surface area contributed by atoms with Crippen molar-refractivity contribution in [3.63, 3.8) is 0 Å². The van der Waals surface area contributed by atoms with Crippen molar-refractivity contribution in [2.75, 3.05) is 32.6 Å². The highest BCUT2D eigenvalue weighted by molar-refractivity contribution is 8.00. The van der Waals surface area contributed by atoms with Crippen molar-refractivity contribution in [2.24, 2.45) is 5.92 Å². The minimum Gasteiger partial charge on any atom is -0.381 e. The van der Waals surface area contributed by atoms with Crippen molar-refractivity contribution >= 4 is 11.8 Å². The molecule has 1 aliphatic heterocycles. The van der Waals surface area contributed by atoms with Crippen LogP contribution < -0.4 is 10.6 Å². The lowest BCUT2D eigenvalue weighted by Crippen LogP contribution is -2.32. The van der Waals surface area contributed by atoms with Crippen LogP contribution in [0, 0.1) is 16.0 Å². The van der Waals surface area contributed by atoms with E-state index in [1.807, 2.05) is 0 Å². The molecule has 0 aromatic heterocycles. The van der Waals surface area contributed by atoms with Gasteiger partial charge in [0.1, 0.15) is 0 Å². The third-order valence-electron chi connectivity index (χ3n) is 2.99. The van der Waals surface area contributed by atoms with Crippen LogP contribution >= 0.6 is 11.8 Å². The first-order valence-electron chi connectivity index (χ1n) is 6.84. The van der Waals surface area contributed by atoms with Gasteiger partial charge in [-0.3, -0.25) is 10.1 Å². The maximum atomic E-state index is 11.2. The number of hydrogen-bond donors (Lipinski definition) is 2. The third kappa shape index (κ3) is 6.00. The van der Waals surface area contributed by atoms with Crippen LogP contribution in [-0.4, -0.2) is 42.2 Å². The van der Waals surface area contributed by atoms with Gasteiger partial charge in [0.15, 0.2) is 5.82 Å². The Morgan fingerprint density at radius 1 is 1.50 bits per heavy atom. The fraction of sp³-hybridized carbons (Fsp3) is 0.846. The number of ether oxygens (including phenoxy) is 1. The highest BCUT2D eigenvalue weighted by atomic mass is 32.2. The van der Waals surface area contributed by atoms with Crippen LogP contribution in [0.3, 0.4) is 0 Å². The average Bonchev–Trinajstić information content (AvgIpc) is 2.84. The predicted octanol–water partition coefficient (Wildman–Crippen LogP) is 1.81. The van der Waals surface area contributed by atoms with Gasteiger partial charge in [-0.25, -0.2) is 0 Å². The van der Waals surface area contributed by atoms with Crippen molar-refractivity contribution < 1.29 is 9.66 Å². The second-order valence-corrected chi connectivity index (χ2v) is 7.64. The van der Waals surface area contributed by atoms with Crippen LogP contribution in [0.1, 0.15) is 27.2 Å². The normalized spacial score (nSPS) is 20.5. The van der Waals surface area contributed by atoms with Crippen LogP contribution in [0.25, 0.3) is 0 Å². The predicted molar refractivity (Wildman–Crippen MR) is 82.2 cm³/mol. The third-order valence-corrected chi connectivity index (χ3v) is 4.28. The molecular weight excluding hydrogens is 278 g/mol. The number of rotatable bonds is 7. The number of hydrogen-bond acceptors (Lipinski definition) is 6. The molecule has 20 heavy (non-hydrogen) atoms. The number of nitrogens with one attached hydrogen (secondary N) is 2. The van der Waals surface area contributed by atoms with Crippen molar-refractivity contribution in [1.82, 2.24) is 10.6 Å². The van der Waals surface area contributed by atoms with E-state index in [1.165, 1.54) is 0 Å². The van der Waals surface area contributed by atoms with Crippen LogP contribution in [0.2, 0.25) is 0 Å². The van der Waals surface area contributed by atoms with E-state index in [1.54, 1.807) is 18.8 Å². The van der Waals surface area contributed by atoms with Crippen LogP contribution in [0.5, 0.6) is 0 Å². The Morgan fingerprint density at radius 2 is 2.20 bits per heavy atom. The van der Waals surface area contributed by atoms with E-state index in [0.717, 1.165) is 19.6 Å². The summed E-state index contributed by atoms with van der Waals surface area (Å²) in [6.45, 7) is 8.38. The van der Waals surface area contributed by atoms with Crippen molar-refractivity contribution in [1.29, 1.82) is 0 Å². The average molecular weight is 303 g/mol. The molecule has 1 unspecified atom stereocenters. The van der Waals surface area contributed by atoms with E-state index >= 15 is 0 Å². The molecule has 1 rings (SSSR count). The van der Waals surface area contributed by atoms with Gasteiger partial charge in [0.05, 0.1) is 17.3 Å². The molecule has 1 fully saturated rings. The summed E-state index contributed by atoms with van der Waals surface area (Å²) >= 11 is 1.57. The van der Waals surface area contributed by atoms with Gasteiger partial charge >= 0.3 is 0 Å². The fourth-order valence-corrected chi connectivity index (χ4v) is 2.65. The number of nitrogens with zero attached hydrogens (tertiary/aromatic N) is 1. The Labute approximate surface area is 124 Å². The molecule has 0 aromatic rings. The number of thioether (sulfide) groups is 1. The molecule has 6 nitrogen and oxygen atoms in total. The largest absolute Gasteiger partial charge is 0.381 e. The van der Waals surface area contributed by atoms with E-state index in [2.05, 4.69) is 31.4 Å². The molecule has 1 heterocycles. The zero-order chi connectivity index (χ0) is 15.2. The highest BCUT2D eigenvalue weighted by Gasteiger charge is 2.23. The summed E-state index contributed by atoms with van der Waals surface area (Å²) < 4.78 is 5.31. The first kappa shape index (κ1) is 17.1. The quantitative estimate of drug-likeness (QED) is 0.552. The zero-order valence-electron chi connectivity index (χ0n) is 12.7. The molecule has 0 bridgehead atoms. The topological polar surface area (TPSA) is 76.4 Å². The lowest BCUT2D eigenvalue weighted by atomic mass is 10.1. The van der Waals surface area contributed by atoms with Crippen LogP contribution in [-0.2, 0) is 4.74 Å². The number of nitro groups is 1. The van der Waals surface area contributed by atoms with Crippen molar-refractivity contribution in [3.05, 3.63) is 21.6 Å². The second-order valence-electron chi connectivity index (χ2n) is 5.84. The second kappa shape index (κ2) is 7.73. The molecule has 0 aromatic carbocycles. The van der Waals surface area contributed by atoms with E-state index in [0.29, 0.717) is 24.0 Å². The lowest BCUT2D eigenvalue weighted by molar-refractivity contribution is -0.425. The van der Waals surface area contributed by atoms with Gasteiger partial charge in [0.25, 0.3) is 5.70 Å². The van der Waals surface area contributed by atoms with Crippen molar-refractivity contribution in [2.45, 2.75) is 31.9 Å². The van der Waals surface area contributed by atoms with Gasteiger partial charge in [0, 0.05) is 30.9 Å². The molecular formula is C13H25N3O3S. The maximum absolute atomic E-state index is 11.2. The first-order chi connectivity index (χ1) is 9.33. The molecule has 1 atom stereocenters. The Bertz CT molecular complexity index is 360. The molecule has 2 N–H and O–H groups in total. The molecule has 0 amide bonds. The summed E-state index contributed by atoms with van der Waals surface area (Å²) in [7, 11) is 1.71. The Kier molecular flexibility index (Phi) is 6.61. The van der Waals surface area contributed by atoms with E-state index in [4.69, 9.17) is 4.74 Å². The summed E-state index contributed by atoms with van der Waals surface area (Å²) in [6, 6.07) is 0. The first-order valence-corrected chi connectivity index (χ1v) is 7.83. The van der Waals surface area contributed by atoms with Gasteiger partial charge < -0.3 is 15.4 Å². The summed E-state index contributed by atoms with van der Waals surface area (Å²) in [5.41, 5.74) is 0.200. The zero-order valence-corrected chi connectivity index (χ0v) is 13.5. The lowest BCUT2D eigenvalue weighted by Gasteiger charge is -2.18. The summed E-state index contributed by atoms with van der Waals surface area (Å²) in [6.07, 6.45) is 1.01. The summed E-state index contributed by atoms with van der Waals surface area (Å²) in [4.78, 5) is 10.9. The Hall–Kier alpha value is -0.950. The minimum absolute atomic E-state index is 0.000591. The van der Waals surface area contributed by atoms with E-state index in [9.17, 15) is 10.1 Å². The molecule has 0 spiro atoms. The van der Waals surface area contributed by atoms with Crippen LogP contribution in [0.4, 0.5) is 0 Å².